The van der Waals surface area contributed by atoms with Gasteiger partial charge in [-0.05, 0) is 87.7 Å². The number of rotatable bonds is 11. The number of hydrogen-bond donors (Lipinski definition) is 2. The monoisotopic (exact) mass is 750 g/mol. The van der Waals surface area contributed by atoms with Crippen molar-refractivity contribution in [1.82, 2.24) is 24.8 Å². The van der Waals surface area contributed by atoms with Crippen LogP contribution < -0.4 is 19.5 Å². The Bertz CT molecular complexity index is 2130. The van der Waals surface area contributed by atoms with Gasteiger partial charge in [0.2, 0.25) is 5.06 Å². The zero-order chi connectivity index (χ0) is 38.2. The molecule has 278 valence electrons. The molecule has 0 spiro atoms. The summed E-state index contributed by atoms with van der Waals surface area (Å²) in [6.45, 7) is 8.95. The number of hydrogen-bond acceptors (Lipinski definition) is 11. The van der Waals surface area contributed by atoms with Gasteiger partial charge in [0.05, 0.1) is 24.1 Å². The zero-order valence-corrected chi connectivity index (χ0v) is 30.7. The molecule has 0 atom stereocenters. The highest BCUT2D eigenvalue weighted by molar-refractivity contribution is 7.17. The number of benzene rings is 2. The summed E-state index contributed by atoms with van der Waals surface area (Å²) in [4.78, 5) is 64.4. The van der Waals surface area contributed by atoms with Gasteiger partial charge in [0.25, 0.3) is 17.7 Å². The normalized spacial score (nSPS) is 13.1. The molecule has 3 amide bonds. The Morgan fingerprint density at radius 3 is 1.94 bits per heavy atom. The molecule has 2 saturated heterocycles. The van der Waals surface area contributed by atoms with Crippen molar-refractivity contribution in [2.45, 2.75) is 39.7 Å². The minimum Gasteiger partial charge on any atom is -0.491 e. The third kappa shape index (κ3) is 9.74. The van der Waals surface area contributed by atoms with Gasteiger partial charge in [-0.2, -0.15) is 0 Å². The molecule has 15 heteroatoms. The van der Waals surface area contributed by atoms with Crippen molar-refractivity contribution in [3.63, 3.8) is 0 Å². The summed E-state index contributed by atoms with van der Waals surface area (Å²) < 4.78 is 17.5. The number of ether oxygens (including phenoxy) is 3. The van der Waals surface area contributed by atoms with Gasteiger partial charge in [-0.25, -0.2) is 14.8 Å². The van der Waals surface area contributed by atoms with Crippen LogP contribution in [0.5, 0.6) is 28.1 Å². The summed E-state index contributed by atoms with van der Waals surface area (Å²) in [5.41, 5.74) is 2.34. The van der Waals surface area contributed by atoms with Gasteiger partial charge >= 0.3 is 5.97 Å². The van der Waals surface area contributed by atoms with Gasteiger partial charge in [0, 0.05) is 44.0 Å². The number of nitrogens with one attached hydrogen (secondary N) is 1. The number of carbonyl (C=O) groups is 4. The van der Waals surface area contributed by atoms with Crippen LogP contribution in [-0.4, -0.2) is 85.8 Å². The number of carboxylic acids is 1. The summed E-state index contributed by atoms with van der Waals surface area (Å²) in [6, 6.07) is 17.8. The molecule has 5 heterocycles. The fourth-order valence-corrected chi connectivity index (χ4v) is 5.79. The average Bonchev–Trinajstić information content (AvgIpc) is 3.53. The lowest BCUT2D eigenvalue weighted by atomic mass is 10.2. The number of anilines is 1. The van der Waals surface area contributed by atoms with Gasteiger partial charge in [0.15, 0.2) is 5.13 Å². The highest BCUT2D eigenvalue weighted by Gasteiger charge is 2.23. The molecular weight excluding hydrogens is 713 g/mol. The fraction of sp³-hybridized carbons (Fsp3) is 0.256. The van der Waals surface area contributed by atoms with Gasteiger partial charge in [-0.15, -0.1) is 0 Å². The van der Waals surface area contributed by atoms with Crippen LogP contribution in [0, 0.1) is 6.92 Å². The first-order chi connectivity index (χ1) is 26.0. The zero-order valence-electron chi connectivity index (χ0n) is 29.9. The largest absolute Gasteiger partial charge is 0.491 e. The van der Waals surface area contributed by atoms with Crippen molar-refractivity contribution < 1.29 is 38.5 Å². The first-order valence-corrected chi connectivity index (χ1v) is 18.1. The highest BCUT2D eigenvalue weighted by atomic mass is 32.1. The van der Waals surface area contributed by atoms with Crippen LogP contribution in [0.2, 0.25) is 0 Å². The standard InChI is InChI=1S/C29H26N4O7S.C10H12N2O/c1-17(2)38-22-12-19(13-23(14-22)39-21-7-8-24(30-15-21)27(35)33-9-4-10-33)26(34)32-29-31-16-25(41-29)40-20-6-3-5-18(11-20)28(36)37;1-8-3-4-9(11-7-8)10(13)12-5-2-6-12/h3,5-8,11-17H,4,9-10H2,1-2H3,(H,36,37)(H,31,32,34);3-4,7H,2,5-6H2,1H3. The molecule has 2 aliphatic rings. The van der Waals surface area contributed by atoms with Crippen LogP contribution in [0.15, 0.2) is 85.3 Å². The second-order valence-corrected chi connectivity index (χ2v) is 13.7. The number of aromatic carboxylic acids is 1. The molecule has 0 unspecified atom stereocenters. The van der Waals surface area contributed by atoms with Gasteiger partial charge in [-0.1, -0.05) is 23.5 Å². The summed E-state index contributed by atoms with van der Waals surface area (Å²) in [5.74, 6) is -0.0623. The molecule has 5 aromatic rings. The van der Waals surface area contributed by atoms with Gasteiger partial charge in [0.1, 0.15) is 34.4 Å². The number of likely N-dealkylation sites (tertiary alicyclic amines) is 2. The predicted octanol–water partition coefficient (Wildman–Crippen LogP) is 6.94. The molecule has 0 bridgehead atoms. The Balaban J connectivity index is 0.000000321. The number of aromatic nitrogens is 3. The Morgan fingerprint density at radius 2 is 1.37 bits per heavy atom. The maximum Gasteiger partial charge on any atom is 0.335 e. The van der Waals surface area contributed by atoms with E-state index in [4.69, 9.17) is 19.3 Å². The van der Waals surface area contributed by atoms with E-state index >= 15 is 0 Å². The van der Waals surface area contributed by atoms with E-state index in [1.165, 1.54) is 24.5 Å². The van der Waals surface area contributed by atoms with Crippen LogP contribution in [0.1, 0.15) is 73.9 Å². The molecule has 2 aromatic carbocycles. The third-order valence-corrected chi connectivity index (χ3v) is 8.92. The molecule has 0 saturated carbocycles. The second-order valence-electron chi connectivity index (χ2n) is 12.7. The Hall–Kier alpha value is -6.35. The van der Waals surface area contributed by atoms with Crippen molar-refractivity contribution in [3.05, 3.63) is 113 Å². The minimum atomic E-state index is -1.06. The fourth-order valence-electron chi connectivity index (χ4n) is 5.10. The van der Waals surface area contributed by atoms with Crippen molar-refractivity contribution >= 4 is 40.2 Å². The Labute approximate surface area is 315 Å². The SMILES string of the molecule is CC(C)Oc1cc(Oc2ccc(C(=O)N3CCC3)nc2)cc(C(=O)Nc2ncc(Oc3cccc(C(=O)O)c3)s2)c1.Cc1ccc(C(=O)N2CCC2)nc1. The number of carboxylic acid groups (broad SMARTS) is 1. The number of pyridine rings is 2. The maximum absolute atomic E-state index is 13.1. The number of amides is 3. The molecule has 3 aromatic heterocycles. The quantitative estimate of drug-likeness (QED) is 0.143. The topological polar surface area (TPSA) is 173 Å². The van der Waals surface area contributed by atoms with Crippen molar-refractivity contribution in [1.29, 1.82) is 0 Å². The van der Waals surface area contributed by atoms with Crippen molar-refractivity contribution in [3.8, 4) is 28.1 Å². The van der Waals surface area contributed by atoms with Crippen molar-refractivity contribution in [2.75, 3.05) is 31.5 Å². The smallest absolute Gasteiger partial charge is 0.335 e. The summed E-state index contributed by atoms with van der Waals surface area (Å²) in [6.07, 6.45) is 6.60. The van der Waals surface area contributed by atoms with Crippen LogP contribution in [-0.2, 0) is 0 Å². The highest BCUT2D eigenvalue weighted by Crippen LogP contribution is 2.32. The molecule has 2 aliphatic heterocycles. The number of nitrogens with zero attached hydrogens (tertiary/aromatic N) is 5. The summed E-state index contributed by atoms with van der Waals surface area (Å²) in [7, 11) is 0. The van der Waals surface area contributed by atoms with Crippen LogP contribution in [0.4, 0.5) is 5.13 Å². The first kappa shape index (κ1) is 37.4. The Kier molecular flexibility index (Phi) is 11.8. The van der Waals surface area contributed by atoms with E-state index in [2.05, 4.69) is 20.3 Å². The second kappa shape index (κ2) is 17.0. The summed E-state index contributed by atoms with van der Waals surface area (Å²) >= 11 is 1.08. The van der Waals surface area contributed by atoms with E-state index in [-0.39, 0.29) is 34.2 Å². The summed E-state index contributed by atoms with van der Waals surface area (Å²) in [5, 5.41) is 12.6. The lowest BCUT2D eigenvalue weighted by Crippen LogP contribution is -2.42. The first-order valence-electron chi connectivity index (χ1n) is 17.3. The predicted molar refractivity (Wildman–Crippen MR) is 200 cm³/mol. The van der Waals surface area contributed by atoms with E-state index in [9.17, 15) is 19.2 Å². The van der Waals surface area contributed by atoms with E-state index < -0.39 is 11.9 Å². The Morgan fingerprint density at radius 1 is 0.722 bits per heavy atom. The van der Waals surface area contributed by atoms with E-state index in [0.717, 1.165) is 55.9 Å². The van der Waals surface area contributed by atoms with Crippen LogP contribution >= 0.6 is 11.3 Å². The van der Waals surface area contributed by atoms with Crippen molar-refractivity contribution in [2.24, 2.45) is 0 Å². The molecule has 0 aliphatic carbocycles. The third-order valence-electron chi connectivity index (χ3n) is 8.13. The number of thiazole rings is 1. The van der Waals surface area contributed by atoms with Gasteiger partial charge < -0.3 is 29.1 Å². The maximum atomic E-state index is 13.1. The van der Waals surface area contributed by atoms with E-state index in [1.54, 1.807) is 59.6 Å². The average molecular weight is 751 g/mol. The number of aryl methyl sites for hydroxylation is 1. The molecule has 54 heavy (non-hydrogen) atoms. The van der Waals surface area contributed by atoms with E-state index in [1.807, 2.05) is 31.7 Å². The van der Waals surface area contributed by atoms with Crippen LogP contribution in [0.25, 0.3) is 0 Å². The minimum absolute atomic E-state index is 0.0613. The van der Waals surface area contributed by atoms with Gasteiger partial charge in [-0.3, -0.25) is 24.7 Å². The molecule has 14 nitrogen and oxygen atoms in total. The molecular formula is C39H38N6O8S. The number of carbonyl (C=O) groups excluding carboxylic acids is 3. The molecule has 0 radical (unpaired) electrons. The lowest BCUT2D eigenvalue weighted by Gasteiger charge is -2.30. The molecule has 2 N–H and O–H groups in total. The van der Waals surface area contributed by atoms with E-state index in [0.29, 0.717) is 39.4 Å². The molecule has 2 fully saturated rings. The molecule has 7 rings (SSSR count). The van der Waals surface area contributed by atoms with Crippen LogP contribution in [0.3, 0.4) is 0 Å². The lowest BCUT2D eigenvalue weighted by molar-refractivity contribution is 0.0638.